The lowest BCUT2D eigenvalue weighted by Gasteiger charge is -2.31. The van der Waals surface area contributed by atoms with E-state index < -0.39 is 6.04 Å². The van der Waals surface area contributed by atoms with Crippen LogP contribution in [0.1, 0.15) is 40.3 Å². The molecule has 0 radical (unpaired) electrons. The maximum atomic E-state index is 13.6. The summed E-state index contributed by atoms with van der Waals surface area (Å²) in [7, 11) is 0. The van der Waals surface area contributed by atoms with E-state index in [1.54, 1.807) is 4.90 Å². The highest BCUT2D eigenvalue weighted by Crippen LogP contribution is 2.24. The van der Waals surface area contributed by atoms with Gasteiger partial charge in [-0.1, -0.05) is 66.2 Å². The van der Waals surface area contributed by atoms with Crippen molar-refractivity contribution in [2.45, 2.75) is 53.6 Å². The first-order valence-corrected chi connectivity index (χ1v) is 12.2. The molecule has 1 unspecified atom stereocenters. The average molecular weight is 473 g/mol. The second-order valence-corrected chi connectivity index (χ2v) is 9.10. The van der Waals surface area contributed by atoms with E-state index >= 15 is 0 Å². The number of aryl methyl sites for hydroxylation is 3. The molecule has 184 valence electrons. The third-order valence-corrected chi connectivity index (χ3v) is 6.21. The summed E-state index contributed by atoms with van der Waals surface area (Å²) in [5.74, 6) is 0.305. The Morgan fingerprint density at radius 2 is 1.57 bits per heavy atom. The van der Waals surface area contributed by atoms with Crippen LogP contribution in [0.4, 0.5) is 0 Å². The van der Waals surface area contributed by atoms with Crippen molar-refractivity contribution in [3.8, 4) is 5.75 Å². The number of benzene rings is 3. The zero-order chi connectivity index (χ0) is 25.4. The van der Waals surface area contributed by atoms with E-state index in [1.165, 1.54) is 0 Å². The molecule has 5 nitrogen and oxygen atoms in total. The van der Waals surface area contributed by atoms with Crippen LogP contribution < -0.4 is 10.1 Å². The van der Waals surface area contributed by atoms with Crippen molar-refractivity contribution in [3.63, 3.8) is 0 Å². The van der Waals surface area contributed by atoms with Gasteiger partial charge in [0.25, 0.3) is 5.91 Å². The molecule has 0 aliphatic heterocycles. The van der Waals surface area contributed by atoms with Crippen molar-refractivity contribution in [2.24, 2.45) is 0 Å². The molecule has 3 rings (SSSR count). The van der Waals surface area contributed by atoms with Gasteiger partial charge in [-0.15, -0.1) is 0 Å². The minimum Gasteiger partial charge on any atom is -0.483 e. The molecular formula is C30H36N2O3. The van der Waals surface area contributed by atoms with E-state index in [2.05, 4.69) is 11.4 Å². The standard InChI is InChI=1S/C30H36N2O3/c1-6-31-30(34)27(18-25-10-8-7-9-11-25)32(19-26-14-12-21(2)13-15-26)29(33)20-35-28-17-22(3)16-23(4)24(28)5/h7-17,27H,6,18-20H2,1-5H3,(H,31,34). The van der Waals surface area contributed by atoms with Crippen LogP contribution in [0.3, 0.4) is 0 Å². The number of nitrogens with zero attached hydrogens (tertiary/aromatic N) is 1. The third kappa shape index (κ3) is 7.19. The Morgan fingerprint density at radius 3 is 2.23 bits per heavy atom. The van der Waals surface area contributed by atoms with Gasteiger partial charge >= 0.3 is 0 Å². The Hall–Kier alpha value is -3.60. The number of hydrogen-bond donors (Lipinski definition) is 1. The molecule has 35 heavy (non-hydrogen) atoms. The van der Waals surface area contributed by atoms with Gasteiger partial charge in [0.05, 0.1) is 0 Å². The predicted molar refractivity (Wildman–Crippen MR) is 140 cm³/mol. The summed E-state index contributed by atoms with van der Waals surface area (Å²) in [4.78, 5) is 28.5. The number of likely N-dealkylation sites (N-methyl/N-ethyl adjacent to an activating group) is 1. The second-order valence-electron chi connectivity index (χ2n) is 9.10. The van der Waals surface area contributed by atoms with Crippen molar-refractivity contribution >= 4 is 11.8 Å². The number of carbonyl (C=O) groups is 2. The maximum Gasteiger partial charge on any atom is 0.261 e. The summed E-state index contributed by atoms with van der Waals surface area (Å²) in [6.07, 6.45) is 0.423. The number of rotatable bonds is 10. The lowest BCUT2D eigenvalue weighted by atomic mass is 10.0. The fraction of sp³-hybridized carbons (Fsp3) is 0.333. The molecule has 3 aromatic carbocycles. The molecule has 0 fully saturated rings. The van der Waals surface area contributed by atoms with Crippen molar-refractivity contribution in [2.75, 3.05) is 13.2 Å². The number of hydrogen-bond acceptors (Lipinski definition) is 3. The topological polar surface area (TPSA) is 58.6 Å². The quantitative estimate of drug-likeness (QED) is 0.448. The normalized spacial score (nSPS) is 11.6. The van der Waals surface area contributed by atoms with Gasteiger partial charge in [-0.05, 0) is 68.5 Å². The molecule has 3 aromatic rings. The van der Waals surface area contributed by atoms with Crippen LogP contribution in [0.5, 0.6) is 5.75 Å². The van der Waals surface area contributed by atoms with E-state index in [4.69, 9.17) is 4.74 Å². The van der Waals surface area contributed by atoms with Crippen molar-refractivity contribution in [1.82, 2.24) is 10.2 Å². The molecular weight excluding hydrogens is 436 g/mol. The van der Waals surface area contributed by atoms with Gasteiger partial charge in [-0.3, -0.25) is 9.59 Å². The van der Waals surface area contributed by atoms with Crippen LogP contribution in [-0.4, -0.2) is 35.9 Å². The zero-order valence-corrected chi connectivity index (χ0v) is 21.4. The SMILES string of the molecule is CCNC(=O)C(Cc1ccccc1)N(Cc1ccc(C)cc1)C(=O)COc1cc(C)cc(C)c1C. The smallest absolute Gasteiger partial charge is 0.261 e. The second kappa shape index (κ2) is 12.2. The summed E-state index contributed by atoms with van der Waals surface area (Å²) in [5.41, 5.74) is 6.32. The first-order chi connectivity index (χ1) is 16.8. The molecule has 0 bridgehead atoms. The van der Waals surface area contributed by atoms with Crippen molar-refractivity contribution < 1.29 is 14.3 Å². The maximum absolute atomic E-state index is 13.6. The van der Waals surface area contributed by atoms with Crippen LogP contribution in [0.15, 0.2) is 66.7 Å². The molecule has 0 aliphatic rings. The number of ether oxygens (including phenoxy) is 1. The highest BCUT2D eigenvalue weighted by atomic mass is 16.5. The molecule has 0 heterocycles. The van der Waals surface area contributed by atoms with Crippen LogP contribution in [-0.2, 0) is 22.6 Å². The zero-order valence-electron chi connectivity index (χ0n) is 21.4. The number of amides is 2. The minimum atomic E-state index is -0.657. The van der Waals surface area contributed by atoms with E-state index in [-0.39, 0.29) is 18.4 Å². The van der Waals surface area contributed by atoms with Crippen LogP contribution in [0.25, 0.3) is 0 Å². The highest BCUT2D eigenvalue weighted by Gasteiger charge is 2.30. The number of carbonyl (C=O) groups excluding carboxylic acids is 2. The molecule has 0 saturated carbocycles. The van der Waals surface area contributed by atoms with Gasteiger partial charge in [-0.25, -0.2) is 0 Å². The third-order valence-electron chi connectivity index (χ3n) is 6.21. The van der Waals surface area contributed by atoms with E-state index in [9.17, 15) is 9.59 Å². The summed E-state index contributed by atoms with van der Waals surface area (Å²) in [5, 5.41) is 2.92. The van der Waals surface area contributed by atoms with Gasteiger partial charge in [0.2, 0.25) is 5.91 Å². The molecule has 5 heteroatoms. The summed E-state index contributed by atoms with van der Waals surface area (Å²) >= 11 is 0. The first kappa shape index (κ1) is 26.0. The Labute approximate surface area is 209 Å². The molecule has 2 amide bonds. The average Bonchev–Trinajstić information content (AvgIpc) is 2.84. The minimum absolute atomic E-state index is 0.139. The fourth-order valence-electron chi connectivity index (χ4n) is 4.11. The molecule has 0 spiro atoms. The van der Waals surface area contributed by atoms with Gasteiger partial charge in [0, 0.05) is 19.5 Å². The summed E-state index contributed by atoms with van der Waals surface area (Å²) in [6.45, 7) is 10.6. The monoisotopic (exact) mass is 472 g/mol. The highest BCUT2D eigenvalue weighted by molar-refractivity contribution is 5.88. The largest absolute Gasteiger partial charge is 0.483 e. The Bertz CT molecular complexity index is 1140. The molecule has 0 aliphatic carbocycles. The molecule has 1 N–H and O–H groups in total. The van der Waals surface area contributed by atoms with Gasteiger partial charge in [-0.2, -0.15) is 0 Å². The van der Waals surface area contributed by atoms with E-state index in [0.29, 0.717) is 25.3 Å². The number of nitrogens with one attached hydrogen (secondary N) is 1. The van der Waals surface area contributed by atoms with Gasteiger partial charge in [0.15, 0.2) is 6.61 Å². The molecule has 0 aromatic heterocycles. The van der Waals surface area contributed by atoms with Crippen LogP contribution >= 0.6 is 0 Å². The van der Waals surface area contributed by atoms with E-state index in [1.807, 2.05) is 95.3 Å². The van der Waals surface area contributed by atoms with Crippen LogP contribution in [0.2, 0.25) is 0 Å². The van der Waals surface area contributed by atoms with Gasteiger partial charge in [0.1, 0.15) is 11.8 Å². The Kier molecular flexibility index (Phi) is 9.07. The van der Waals surface area contributed by atoms with Gasteiger partial charge < -0.3 is 15.0 Å². The van der Waals surface area contributed by atoms with E-state index in [0.717, 1.165) is 33.4 Å². The Morgan fingerprint density at radius 1 is 0.886 bits per heavy atom. The van der Waals surface area contributed by atoms with Crippen molar-refractivity contribution in [1.29, 1.82) is 0 Å². The summed E-state index contributed by atoms with van der Waals surface area (Å²) < 4.78 is 6.02. The molecule has 0 saturated heterocycles. The van der Waals surface area contributed by atoms with Crippen molar-refractivity contribution in [3.05, 3.63) is 100 Å². The first-order valence-electron chi connectivity index (χ1n) is 12.2. The fourth-order valence-corrected chi connectivity index (χ4v) is 4.11. The molecule has 1 atom stereocenters. The lowest BCUT2D eigenvalue weighted by Crippen LogP contribution is -2.51. The summed E-state index contributed by atoms with van der Waals surface area (Å²) in [6, 6.07) is 21.2. The predicted octanol–water partition coefficient (Wildman–Crippen LogP) is 5.08. The van der Waals surface area contributed by atoms with Crippen LogP contribution in [0, 0.1) is 27.7 Å². The Balaban J connectivity index is 1.91. The lowest BCUT2D eigenvalue weighted by molar-refractivity contribution is -0.142.